The molecule has 1 aromatic rings. The zero-order chi connectivity index (χ0) is 13.0. The third kappa shape index (κ3) is 2.66. The Labute approximate surface area is 108 Å². The molecule has 2 amide bonds. The first-order chi connectivity index (χ1) is 8.76. The molecule has 1 fully saturated rings. The van der Waals surface area contributed by atoms with Crippen molar-refractivity contribution >= 4 is 6.03 Å². The van der Waals surface area contributed by atoms with Gasteiger partial charge in [0, 0.05) is 44.5 Å². The molecule has 0 unspecified atom stereocenters. The van der Waals surface area contributed by atoms with Crippen LogP contribution in [0.25, 0.3) is 0 Å². The van der Waals surface area contributed by atoms with E-state index in [9.17, 15) is 4.79 Å². The number of likely N-dealkylation sites (tertiary alicyclic amines) is 1. The summed E-state index contributed by atoms with van der Waals surface area (Å²) in [6, 6.07) is 0.179. The second-order valence-electron chi connectivity index (χ2n) is 4.69. The molecule has 1 N–H and O–H groups in total. The van der Waals surface area contributed by atoms with Gasteiger partial charge < -0.3 is 14.8 Å². The molecule has 0 saturated carbocycles. The van der Waals surface area contributed by atoms with Crippen molar-refractivity contribution in [1.29, 1.82) is 0 Å². The van der Waals surface area contributed by atoms with Gasteiger partial charge in [0.25, 0.3) is 0 Å². The molecule has 0 radical (unpaired) electrons. The summed E-state index contributed by atoms with van der Waals surface area (Å²) in [5.74, 6) is 1.53. The lowest BCUT2D eigenvalue weighted by Crippen LogP contribution is -2.46. The van der Waals surface area contributed by atoms with Gasteiger partial charge >= 0.3 is 6.03 Å². The Balaban J connectivity index is 1.88. The maximum atomic E-state index is 12.2. The van der Waals surface area contributed by atoms with Crippen LogP contribution in [0.5, 0.6) is 0 Å². The lowest BCUT2D eigenvalue weighted by molar-refractivity contribution is 0.143. The Bertz CT molecular complexity index is 364. The zero-order valence-electron chi connectivity index (χ0n) is 11.2. The van der Waals surface area contributed by atoms with Crippen molar-refractivity contribution in [3.8, 4) is 0 Å². The number of carbonyl (C=O) groups excluding carboxylic acids is 1. The van der Waals surface area contributed by atoms with Gasteiger partial charge in [-0.2, -0.15) is 0 Å². The largest absolute Gasteiger partial charge is 0.348 e. The van der Waals surface area contributed by atoms with Crippen molar-refractivity contribution in [2.45, 2.75) is 32.6 Å². The van der Waals surface area contributed by atoms with Crippen molar-refractivity contribution in [1.82, 2.24) is 19.8 Å². The average molecular weight is 250 g/mol. The number of amides is 2. The molecule has 5 nitrogen and oxygen atoms in total. The number of aromatic nitrogens is 2. The van der Waals surface area contributed by atoms with Gasteiger partial charge in [0.05, 0.1) is 0 Å². The summed E-state index contributed by atoms with van der Waals surface area (Å²) in [5.41, 5.74) is 0. The monoisotopic (exact) mass is 250 g/mol. The number of nitrogens with one attached hydrogen (secondary N) is 1. The van der Waals surface area contributed by atoms with E-state index in [0.717, 1.165) is 44.8 Å². The van der Waals surface area contributed by atoms with Crippen LogP contribution >= 0.6 is 0 Å². The lowest BCUT2D eigenvalue weighted by Gasteiger charge is -2.34. The number of piperidine rings is 1. The fourth-order valence-corrected chi connectivity index (χ4v) is 2.54. The maximum Gasteiger partial charge on any atom is 0.319 e. The van der Waals surface area contributed by atoms with Crippen molar-refractivity contribution in [3.05, 3.63) is 18.2 Å². The summed E-state index contributed by atoms with van der Waals surface area (Å²) in [5, 5.41) is 0. The number of rotatable bonds is 3. The van der Waals surface area contributed by atoms with E-state index in [1.165, 1.54) is 0 Å². The van der Waals surface area contributed by atoms with Gasteiger partial charge in [-0.1, -0.05) is 0 Å². The minimum atomic E-state index is 0.179. The summed E-state index contributed by atoms with van der Waals surface area (Å²) in [6.45, 7) is 7.29. The van der Waals surface area contributed by atoms with E-state index in [1.54, 1.807) is 6.20 Å². The lowest BCUT2D eigenvalue weighted by atomic mass is 9.96. The number of carbonyl (C=O) groups is 1. The molecule has 0 spiro atoms. The van der Waals surface area contributed by atoms with Crippen LogP contribution in [0.2, 0.25) is 0 Å². The van der Waals surface area contributed by atoms with E-state index in [1.807, 2.05) is 29.8 Å². The predicted molar refractivity (Wildman–Crippen MR) is 70.5 cm³/mol. The summed E-state index contributed by atoms with van der Waals surface area (Å²) in [4.78, 5) is 23.5. The molecule has 0 bridgehead atoms. The Kier molecular flexibility index (Phi) is 4.23. The van der Waals surface area contributed by atoms with Gasteiger partial charge in [0.15, 0.2) is 0 Å². The molecule has 0 aliphatic carbocycles. The van der Waals surface area contributed by atoms with Crippen molar-refractivity contribution in [2.75, 3.05) is 26.2 Å². The third-order valence-corrected chi connectivity index (χ3v) is 3.71. The van der Waals surface area contributed by atoms with E-state index in [2.05, 4.69) is 9.97 Å². The molecule has 0 atom stereocenters. The fraction of sp³-hybridized carbons (Fsp3) is 0.692. The first kappa shape index (κ1) is 12.9. The average Bonchev–Trinajstić information content (AvgIpc) is 2.94. The molecule has 1 aliphatic heterocycles. The van der Waals surface area contributed by atoms with E-state index >= 15 is 0 Å². The second-order valence-corrected chi connectivity index (χ2v) is 4.69. The zero-order valence-corrected chi connectivity index (χ0v) is 11.2. The molecule has 100 valence electrons. The van der Waals surface area contributed by atoms with Crippen LogP contribution in [0.3, 0.4) is 0 Å². The van der Waals surface area contributed by atoms with Gasteiger partial charge in [-0.3, -0.25) is 0 Å². The molecule has 2 rings (SSSR count). The second kappa shape index (κ2) is 5.89. The van der Waals surface area contributed by atoms with Gasteiger partial charge in [-0.05, 0) is 26.7 Å². The smallest absolute Gasteiger partial charge is 0.319 e. The van der Waals surface area contributed by atoms with E-state index in [4.69, 9.17) is 0 Å². The van der Waals surface area contributed by atoms with Crippen LogP contribution in [0.1, 0.15) is 38.4 Å². The predicted octanol–water partition coefficient (Wildman–Crippen LogP) is 2.05. The standard InChI is InChI=1S/C13H22N4O/c1-3-16(4-2)13(18)17-9-5-11(6-10-17)12-14-7-8-15-12/h7-8,11H,3-6,9-10H2,1-2H3,(H,14,15). The quantitative estimate of drug-likeness (QED) is 0.892. The highest BCUT2D eigenvalue weighted by molar-refractivity contribution is 5.74. The molecule has 1 aromatic heterocycles. The highest BCUT2D eigenvalue weighted by Gasteiger charge is 2.26. The number of urea groups is 1. The van der Waals surface area contributed by atoms with Crippen LogP contribution in [-0.4, -0.2) is 52.0 Å². The van der Waals surface area contributed by atoms with Gasteiger partial charge in [0.2, 0.25) is 0 Å². The third-order valence-electron chi connectivity index (χ3n) is 3.71. The molecule has 1 saturated heterocycles. The molecule has 18 heavy (non-hydrogen) atoms. The summed E-state index contributed by atoms with van der Waals surface area (Å²) in [6.07, 6.45) is 5.66. The molecule has 2 heterocycles. The Hall–Kier alpha value is -1.52. The molecule has 1 aliphatic rings. The first-order valence-electron chi connectivity index (χ1n) is 6.79. The summed E-state index contributed by atoms with van der Waals surface area (Å²) >= 11 is 0. The van der Waals surface area contributed by atoms with Crippen molar-refractivity contribution in [2.24, 2.45) is 0 Å². The van der Waals surface area contributed by atoms with Crippen molar-refractivity contribution in [3.63, 3.8) is 0 Å². The Morgan fingerprint density at radius 3 is 2.61 bits per heavy atom. The minimum absolute atomic E-state index is 0.179. The van der Waals surface area contributed by atoms with Crippen LogP contribution in [0.15, 0.2) is 12.4 Å². The maximum absolute atomic E-state index is 12.2. The highest BCUT2D eigenvalue weighted by Crippen LogP contribution is 2.25. The molecular formula is C13H22N4O. The van der Waals surface area contributed by atoms with Crippen molar-refractivity contribution < 1.29 is 4.79 Å². The molecular weight excluding hydrogens is 228 g/mol. The van der Waals surface area contributed by atoms with Crippen LogP contribution < -0.4 is 0 Å². The van der Waals surface area contributed by atoms with Crippen LogP contribution in [-0.2, 0) is 0 Å². The molecule has 5 heteroatoms. The summed E-state index contributed by atoms with van der Waals surface area (Å²) < 4.78 is 0. The van der Waals surface area contributed by atoms with Gasteiger partial charge in [-0.25, -0.2) is 9.78 Å². The van der Waals surface area contributed by atoms with E-state index < -0.39 is 0 Å². The number of hydrogen-bond acceptors (Lipinski definition) is 2. The Morgan fingerprint density at radius 1 is 1.44 bits per heavy atom. The van der Waals surface area contributed by atoms with Gasteiger partial charge in [-0.15, -0.1) is 0 Å². The number of aromatic amines is 1. The fourth-order valence-electron chi connectivity index (χ4n) is 2.54. The van der Waals surface area contributed by atoms with E-state index in [-0.39, 0.29) is 6.03 Å². The topological polar surface area (TPSA) is 52.2 Å². The highest BCUT2D eigenvalue weighted by atomic mass is 16.2. The normalized spacial score (nSPS) is 16.9. The van der Waals surface area contributed by atoms with Gasteiger partial charge in [0.1, 0.15) is 5.82 Å². The minimum Gasteiger partial charge on any atom is -0.348 e. The first-order valence-corrected chi connectivity index (χ1v) is 6.79. The number of H-pyrrole nitrogens is 1. The Morgan fingerprint density at radius 2 is 2.11 bits per heavy atom. The summed E-state index contributed by atoms with van der Waals surface area (Å²) in [7, 11) is 0. The number of imidazole rings is 1. The number of nitrogens with zero attached hydrogens (tertiary/aromatic N) is 3. The van der Waals surface area contributed by atoms with Crippen LogP contribution in [0.4, 0.5) is 4.79 Å². The number of hydrogen-bond donors (Lipinski definition) is 1. The van der Waals surface area contributed by atoms with Crippen LogP contribution in [0, 0.1) is 0 Å². The van der Waals surface area contributed by atoms with E-state index in [0.29, 0.717) is 5.92 Å². The molecule has 0 aromatic carbocycles. The SMILES string of the molecule is CCN(CC)C(=O)N1CCC(c2ncc[nH]2)CC1.